The summed E-state index contributed by atoms with van der Waals surface area (Å²) < 4.78 is 0. The van der Waals surface area contributed by atoms with Crippen LogP contribution in [0.25, 0.3) is 0 Å². The van der Waals surface area contributed by atoms with Crippen LogP contribution in [0.2, 0.25) is 0 Å². The van der Waals surface area contributed by atoms with Gasteiger partial charge in [0.1, 0.15) is 0 Å². The van der Waals surface area contributed by atoms with Gasteiger partial charge in [-0.2, -0.15) is 0 Å². The summed E-state index contributed by atoms with van der Waals surface area (Å²) in [5.74, 6) is 0.746. The van der Waals surface area contributed by atoms with Crippen molar-refractivity contribution in [3.05, 3.63) is 24.4 Å². The Morgan fingerprint density at radius 2 is 1.87 bits per heavy atom. The second kappa shape index (κ2) is 7.56. The zero-order valence-electron chi connectivity index (χ0n) is 11.1. The number of nitrogens with zero attached hydrogens (tertiary/aromatic N) is 1. The molecule has 0 aliphatic rings. The molecule has 2 atom stereocenters. The molecular weight excluding hydrogens is 182 g/mol. The molecule has 0 bridgehead atoms. The Hall–Kier alpha value is -0.720. The maximum atomic E-state index is 4.09. The molecule has 0 aromatic heterocycles. The molecule has 1 heteroatoms. The first-order valence-electron chi connectivity index (χ1n) is 6.09. The molecule has 88 valence electrons. The number of hydrogen-bond acceptors (Lipinski definition) is 1. The van der Waals surface area contributed by atoms with Gasteiger partial charge in [-0.15, -0.1) is 0 Å². The van der Waals surface area contributed by atoms with Gasteiger partial charge in [-0.3, -0.25) is 0 Å². The minimum absolute atomic E-state index is 0.609. The van der Waals surface area contributed by atoms with Gasteiger partial charge in [-0.25, -0.2) is 0 Å². The second-order valence-corrected chi connectivity index (χ2v) is 4.61. The van der Waals surface area contributed by atoms with Gasteiger partial charge in [0, 0.05) is 13.1 Å². The Bertz CT molecular complexity index is 205. The molecule has 0 aliphatic carbocycles. The van der Waals surface area contributed by atoms with E-state index in [2.05, 4.69) is 58.5 Å². The molecule has 0 amide bonds. The predicted molar refractivity (Wildman–Crippen MR) is 69.9 cm³/mol. The lowest BCUT2D eigenvalue weighted by Crippen LogP contribution is -2.22. The summed E-state index contributed by atoms with van der Waals surface area (Å²) in [5, 5.41) is 0. The molecular formula is C14H27N. The largest absolute Gasteiger partial charge is 0.378 e. The normalized spacial score (nSPS) is 15.3. The van der Waals surface area contributed by atoms with Gasteiger partial charge in [-0.05, 0) is 38.0 Å². The quantitative estimate of drug-likeness (QED) is 0.567. The molecule has 0 saturated heterocycles. The van der Waals surface area contributed by atoms with E-state index in [-0.39, 0.29) is 0 Å². The van der Waals surface area contributed by atoms with E-state index in [4.69, 9.17) is 0 Å². The molecule has 0 spiro atoms. The SMILES string of the molecule is C=C(C=CN(C)C(C)CC)CC(C)CC. The molecule has 0 aliphatic heterocycles. The van der Waals surface area contributed by atoms with Gasteiger partial charge in [0.25, 0.3) is 0 Å². The van der Waals surface area contributed by atoms with Crippen LogP contribution in [0.15, 0.2) is 24.4 Å². The molecule has 0 aromatic rings. The van der Waals surface area contributed by atoms with Crippen LogP contribution in [0.5, 0.6) is 0 Å². The first kappa shape index (κ1) is 14.3. The van der Waals surface area contributed by atoms with Crippen molar-refractivity contribution >= 4 is 0 Å². The summed E-state index contributed by atoms with van der Waals surface area (Å²) in [6.07, 6.45) is 7.82. The van der Waals surface area contributed by atoms with E-state index in [0.717, 1.165) is 12.3 Å². The van der Waals surface area contributed by atoms with Crippen LogP contribution in [0.4, 0.5) is 0 Å². The molecule has 0 aromatic carbocycles. The summed E-state index contributed by atoms with van der Waals surface area (Å²) in [5.41, 5.74) is 1.24. The molecule has 15 heavy (non-hydrogen) atoms. The van der Waals surface area contributed by atoms with Gasteiger partial charge < -0.3 is 4.90 Å². The Morgan fingerprint density at radius 3 is 2.33 bits per heavy atom. The van der Waals surface area contributed by atoms with Crippen LogP contribution in [0, 0.1) is 5.92 Å². The highest BCUT2D eigenvalue weighted by Gasteiger charge is 2.02. The van der Waals surface area contributed by atoms with Crippen LogP contribution in [-0.4, -0.2) is 18.0 Å². The summed E-state index contributed by atoms with van der Waals surface area (Å²) in [6, 6.07) is 0.609. The lowest BCUT2D eigenvalue weighted by molar-refractivity contribution is 0.343. The number of rotatable bonds is 7. The van der Waals surface area contributed by atoms with E-state index in [1.807, 2.05) is 0 Å². The average molecular weight is 209 g/mol. The lowest BCUT2D eigenvalue weighted by Gasteiger charge is -2.21. The predicted octanol–water partition coefficient (Wildman–Crippen LogP) is 4.22. The Morgan fingerprint density at radius 1 is 1.27 bits per heavy atom. The maximum absolute atomic E-state index is 4.09. The molecule has 0 N–H and O–H groups in total. The van der Waals surface area contributed by atoms with Crippen LogP contribution < -0.4 is 0 Å². The fraction of sp³-hybridized carbons (Fsp3) is 0.714. The van der Waals surface area contributed by atoms with E-state index in [1.165, 1.54) is 18.4 Å². The van der Waals surface area contributed by atoms with Crippen LogP contribution in [-0.2, 0) is 0 Å². The molecule has 0 radical (unpaired) electrons. The second-order valence-electron chi connectivity index (χ2n) is 4.61. The standard InChI is InChI=1S/C14H27N/c1-7-12(3)11-13(4)9-10-15(6)14(5)8-2/h9-10,12,14H,4,7-8,11H2,1-3,5-6H3. The summed E-state index contributed by atoms with van der Waals surface area (Å²) in [4.78, 5) is 2.25. The third-order valence-corrected chi connectivity index (χ3v) is 3.14. The van der Waals surface area contributed by atoms with Crippen molar-refractivity contribution < 1.29 is 0 Å². The van der Waals surface area contributed by atoms with Crippen molar-refractivity contribution in [3.63, 3.8) is 0 Å². The van der Waals surface area contributed by atoms with Crippen molar-refractivity contribution in [1.29, 1.82) is 0 Å². The van der Waals surface area contributed by atoms with Crippen molar-refractivity contribution in [2.24, 2.45) is 5.92 Å². The molecule has 1 nitrogen and oxygen atoms in total. The molecule has 0 heterocycles. The Balaban J connectivity index is 4.00. The van der Waals surface area contributed by atoms with E-state index < -0.39 is 0 Å². The van der Waals surface area contributed by atoms with E-state index in [9.17, 15) is 0 Å². The van der Waals surface area contributed by atoms with Crippen molar-refractivity contribution in [2.45, 2.75) is 53.0 Å². The highest BCUT2D eigenvalue weighted by molar-refractivity contribution is 5.14. The zero-order chi connectivity index (χ0) is 11.8. The van der Waals surface area contributed by atoms with Crippen LogP contribution in [0.1, 0.15) is 47.0 Å². The average Bonchev–Trinajstić information content (AvgIpc) is 2.24. The maximum Gasteiger partial charge on any atom is 0.0250 e. The summed E-state index contributed by atoms with van der Waals surface area (Å²) in [6.45, 7) is 13.0. The molecule has 0 fully saturated rings. The highest BCUT2D eigenvalue weighted by Crippen LogP contribution is 2.14. The van der Waals surface area contributed by atoms with E-state index in [0.29, 0.717) is 6.04 Å². The topological polar surface area (TPSA) is 3.24 Å². The van der Waals surface area contributed by atoms with Crippen molar-refractivity contribution in [1.82, 2.24) is 4.90 Å². The van der Waals surface area contributed by atoms with Crippen molar-refractivity contribution in [3.8, 4) is 0 Å². The minimum atomic E-state index is 0.609. The number of allylic oxidation sites excluding steroid dienone is 2. The van der Waals surface area contributed by atoms with Crippen molar-refractivity contribution in [2.75, 3.05) is 7.05 Å². The van der Waals surface area contributed by atoms with Crippen LogP contribution >= 0.6 is 0 Å². The first-order valence-corrected chi connectivity index (χ1v) is 6.09. The zero-order valence-corrected chi connectivity index (χ0v) is 11.1. The molecule has 0 saturated carbocycles. The lowest BCUT2D eigenvalue weighted by atomic mass is 10.00. The third kappa shape index (κ3) is 6.38. The highest BCUT2D eigenvalue weighted by atomic mass is 15.1. The van der Waals surface area contributed by atoms with Gasteiger partial charge in [0.2, 0.25) is 0 Å². The monoisotopic (exact) mass is 209 g/mol. The molecule has 0 rings (SSSR count). The number of hydrogen-bond donors (Lipinski definition) is 0. The summed E-state index contributed by atoms with van der Waals surface area (Å²) in [7, 11) is 2.13. The fourth-order valence-corrected chi connectivity index (χ4v) is 1.32. The third-order valence-electron chi connectivity index (χ3n) is 3.14. The van der Waals surface area contributed by atoms with Gasteiger partial charge >= 0.3 is 0 Å². The van der Waals surface area contributed by atoms with Gasteiger partial charge in [0.15, 0.2) is 0 Å². The van der Waals surface area contributed by atoms with E-state index >= 15 is 0 Å². The van der Waals surface area contributed by atoms with E-state index in [1.54, 1.807) is 0 Å². The van der Waals surface area contributed by atoms with Gasteiger partial charge in [-0.1, -0.05) is 39.3 Å². The summed E-state index contributed by atoms with van der Waals surface area (Å²) >= 11 is 0. The smallest absolute Gasteiger partial charge is 0.0250 e. The van der Waals surface area contributed by atoms with Crippen LogP contribution in [0.3, 0.4) is 0 Å². The molecule has 2 unspecified atom stereocenters. The Labute approximate surface area is 95.9 Å². The fourth-order valence-electron chi connectivity index (χ4n) is 1.32. The Kier molecular flexibility index (Phi) is 7.19. The van der Waals surface area contributed by atoms with Gasteiger partial charge in [0.05, 0.1) is 0 Å². The minimum Gasteiger partial charge on any atom is -0.378 e. The first-order chi connectivity index (χ1) is 7.01.